The van der Waals surface area contributed by atoms with Crippen molar-refractivity contribution in [2.75, 3.05) is 13.7 Å². The number of carbonyl (C=O) groups excluding carboxylic acids is 3. The van der Waals surface area contributed by atoms with Crippen molar-refractivity contribution < 1.29 is 29.0 Å². The van der Waals surface area contributed by atoms with E-state index < -0.39 is 23.6 Å². The van der Waals surface area contributed by atoms with Gasteiger partial charge in [-0.15, -0.1) is 0 Å². The highest BCUT2D eigenvalue weighted by Gasteiger charge is 2.53. The molecule has 35 heavy (non-hydrogen) atoms. The molecule has 1 aromatic rings. The molecule has 0 saturated carbocycles. The van der Waals surface area contributed by atoms with E-state index in [1.54, 1.807) is 12.0 Å². The maximum Gasteiger partial charge on any atom is 0.245 e. The number of ether oxygens (including phenoxy) is 2. The molecule has 0 saturated heterocycles. The number of methoxy groups -OCH3 is 1. The van der Waals surface area contributed by atoms with Crippen LogP contribution in [0.5, 0.6) is 11.5 Å². The maximum atomic E-state index is 13.6. The SMILES string of the molecule is CC[C@H](NC(C)=O)C(=O)N[C@@H](CC)C(=O)N1CC[C@@]23C=C[C@H](O)C[C@@H]2Oc2c(OC)ccc(c23)C1. The second-order valence-electron chi connectivity index (χ2n) is 9.58. The largest absolute Gasteiger partial charge is 0.493 e. The van der Waals surface area contributed by atoms with Crippen LogP contribution in [0.1, 0.15) is 57.6 Å². The van der Waals surface area contributed by atoms with Gasteiger partial charge in [0.05, 0.1) is 18.6 Å². The fourth-order valence-electron chi connectivity index (χ4n) is 5.55. The van der Waals surface area contributed by atoms with E-state index in [9.17, 15) is 19.5 Å². The van der Waals surface area contributed by atoms with Gasteiger partial charge in [-0.1, -0.05) is 32.1 Å². The lowest BCUT2D eigenvalue weighted by Gasteiger charge is -2.36. The van der Waals surface area contributed by atoms with Crippen molar-refractivity contribution in [2.45, 2.75) is 82.7 Å². The number of hydrogen-bond acceptors (Lipinski definition) is 6. The van der Waals surface area contributed by atoms with Crippen LogP contribution in [0.25, 0.3) is 0 Å². The Balaban J connectivity index is 1.61. The lowest BCUT2D eigenvalue weighted by Crippen LogP contribution is -2.54. The number of nitrogens with one attached hydrogen (secondary N) is 2. The highest BCUT2D eigenvalue weighted by Crippen LogP contribution is 2.55. The van der Waals surface area contributed by atoms with Gasteiger partial charge in [0.2, 0.25) is 17.7 Å². The molecule has 1 aromatic carbocycles. The summed E-state index contributed by atoms with van der Waals surface area (Å²) in [5.41, 5.74) is 1.55. The van der Waals surface area contributed by atoms with E-state index in [0.717, 1.165) is 11.1 Å². The third kappa shape index (κ3) is 4.49. The van der Waals surface area contributed by atoms with E-state index in [2.05, 4.69) is 10.6 Å². The van der Waals surface area contributed by atoms with Crippen molar-refractivity contribution in [3.05, 3.63) is 35.4 Å². The van der Waals surface area contributed by atoms with Gasteiger partial charge in [0.1, 0.15) is 18.2 Å². The summed E-state index contributed by atoms with van der Waals surface area (Å²) in [7, 11) is 1.60. The highest BCUT2D eigenvalue weighted by molar-refractivity contribution is 5.91. The number of rotatable bonds is 7. The minimum absolute atomic E-state index is 0.156. The molecule has 0 radical (unpaired) electrons. The Morgan fingerprint density at radius 3 is 2.63 bits per heavy atom. The zero-order chi connectivity index (χ0) is 25.3. The second kappa shape index (κ2) is 9.89. The molecule has 0 bridgehead atoms. The summed E-state index contributed by atoms with van der Waals surface area (Å²) in [6.45, 7) is 5.90. The van der Waals surface area contributed by atoms with E-state index in [1.807, 2.05) is 38.1 Å². The average Bonchev–Trinajstić information content (AvgIpc) is 3.07. The third-order valence-electron chi connectivity index (χ3n) is 7.39. The van der Waals surface area contributed by atoms with Crippen LogP contribution in [0.4, 0.5) is 0 Å². The first-order valence-electron chi connectivity index (χ1n) is 12.3. The van der Waals surface area contributed by atoms with Crippen LogP contribution < -0.4 is 20.1 Å². The number of nitrogens with zero attached hydrogens (tertiary/aromatic N) is 1. The van der Waals surface area contributed by atoms with Crippen LogP contribution in [0.2, 0.25) is 0 Å². The number of amides is 3. The zero-order valence-electron chi connectivity index (χ0n) is 20.8. The number of hydrogen-bond donors (Lipinski definition) is 3. The Hall–Kier alpha value is -3.07. The third-order valence-corrected chi connectivity index (χ3v) is 7.39. The summed E-state index contributed by atoms with van der Waals surface area (Å²) in [4.78, 5) is 39.6. The van der Waals surface area contributed by atoms with Crippen LogP contribution in [-0.4, -0.2) is 65.7 Å². The molecule has 1 spiro atoms. The molecule has 9 heteroatoms. The fraction of sp³-hybridized carbons (Fsp3) is 0.577. The Bertz CT molecular complexity index is 1040. The molecule has 5 atom stereocenters. The van der Waals surface area contributed by atoms with E-state index in [-0.39, 0.29) is 23.8 Å². The quantitative estimate of drug-likeness (QED) is 0.505. The molecule has 2 heterocycles. The molecule has 190 valence electrons. The molecule has 0 fully saturated rings. The number of aliphatic hydroxyl groups is 1. The van der Waals surface area contributed by atoms with Gasteiger partial charge in [0.25, 0.3) is 0 Å². The van der Waals surface area contributed by atoms with Crippen LogP contribution in [-0.2, 0) is 26.3 Å². The molecule has 2 aliphatic heterocycles. The summed E-state index contributed by atoms with van der Waals surface area (Å²) in [6.07, 6.45) is 4.99. The fourth-order valence-corrected chi connectivity index (χ4v) is 5.55. The highest BCUT2D eigenvalue weighted by atomic mass is 16.5. The lowest BCUT2D eigenvalue weighted by atomic mass is 9.69. The van der Waals surface area contributed by atoms with Gasteiger partial charge in [0, 0.05) is 32.0 Å². The van der Waals surface area contributed by atoms with Gasteiger partial charge in [-0.2, -0.15) is 0 Å². The first-order chi connectivity index (χ1) is 16.7. The minimum Gasteiger partial charge on any atom is -0.493 e. The van der Waals surface area contributed by atoms with Crippen molar-refractivity contribution in [2.24, 2.45) is 0 Å². The molecule has 3 aliphatic rings. The standard InChI is InChI=1S/C26H35N3O6/c1-5-18(27-15(3)30)24(32)28-19(6-2)25(33)29-12-11-26-10-9-17(31)13-21(26)35-23-20(34-4)8-7-16(14-29)22(23)26/h7-10,17-19,21,31H,5-6,11-14H2,1-4H3,(H,27,30)(H,28,32)/t17-,18-,19-,21-,26-/m0/s1. The predicted octanol–water partition coefficient (Wildman–Crippen LogP) is 1.56. The first-order valence-corrected chi connectivity index (χ1v) is 12.3. The minimum atomic E-state index is -0.695. The van der Waals surface area contributed by atoms with Gasteiger partial charge in [-0.25, -0.2) is 0 Å². The average molecular weight is 486 g/mol. The predicted molar refractivity (Wildman–Crippen MR) is 129 cm³/mol. The van der Waals surface area contributed by atoms with E-state index >= 15 is 0 Å². The van der Waals surface area contributed by atoms with Crippen LogP contribution in [0.3, 0.4) is 0 Å². The van der Waals surface area contributed by atoms with Crippen molar-refractivity contribution in [3.8, 4) is 11.5 Å². The zero-order valence-corrected chi connectivity index (χ0v) is 20.8. The molecule has 1 aliphatic carbocycles. The normalized spacial score (nSPS) is 25.9. The number of benzene rings is 1. The molecule has 0 aromatic heterocycles. The Morgan fingerprint density at radius 2 is 1.97 bits per heavy atom. The monoisotopic (exact) mass is 485 g/mol. The molecule has 3 amide bonds. The second-order valence-corrected chi connectivity index (χ2v) is 9.58. The van der Waals surface area contributed by atoms with Gasteiger partial charge in [-0.05, 0) is 30.9 Å². The summed E-state index contributed by atoms with van der Waals surface area (Å²) < 4.78 is 11.9. The lowest BCUT2D eigenvalue weighted by molar-refractivity contribution is -0.138. The summed E-state index contributed by atoms with van der Waals surface area (Å²) in [6, 6.07) is 2.45. The van der Waals surface area contributed by atoms with Crippen LogP contribution in [0, 0.1) is 0 Å². The van der Waals surface area contributed by atoms with Crippen molar-refractivity contribution in [1.82, 2.24) is 15.5 Å². The Kier molecular flexibility index (Phi) is 7.07. The van der Waals surface area contributed by atoms with Crippen LogP contribution >= 0.6 is 0 Å². The summed E-state index contributed by atoms with van der Waals surface area (Å²) >= 11 is 0. The van der Waals surface area contributed by atoms with E-state index in [0.29, 0.717) is 50.3 Å². The van der Waals surface area contributed by atoms with Gasteiger partial charge < -0.3 is 30.1 Å². The van der Waals surface area contributed by atoms with Crippen LogP contribution in [0.15, 0.2) is 24.3 Å². The number of carbonyl (C=O) groups is 3. The Labute approximate surface area is 205 Å². The number of aliphatic hydroxyl groups excluding tert-OH is 1. The molecule has 0 unspecified atom stereocenters. The molecule has 9 nitrogen and oxygen atoms in total. The van der Waals surface area contributed by atoms with Crippen molar-refractivity contribution in [1.29, 1.82) is 0 Å². The van der Waals surface area contributed by atoms with Gasteiger partial charge in [-0.3, -0.25) is 14.4 Å². The Morgan fingerprint density at radius 1 is 1.23 bits per heavy atom. The maximum absolute atomic E-state index is 13.6. The molecule has 3 N–H and O–H groups in total. The van der Waals surface area contributed by atoms with Crippen molar-refractivity contribution >= 4 is 17.7 Å². The van der Waals surface area contributed by atoms with Crippen molar-refractivity contribution in [3.63, 3.8) is 0 Å². The topological polar surface area (TPSA) is 117 Å². The molecular weight excluding hydrogens is 450 g/mol. The smallest absolute Gasteiger partial charge is 0.245 e. The van der Waals surface area contributed by atoms with E-state index in [1.165, 1.54) is 6.92 Å². The first kappa shape index (κ1) is 25.0. The summed E-state index contributed by atoms with van der Waals surface area (Å²) in [5.74, 6) is 0.521. The van der Waals surface area contributed by atoms with Gasteiger partial charge >= 0.3 is 0 Å². The summed E-state index contributed by atoms with van der Waals surface area (Å²) in [5, 5.41) is 15.7. The van der Waals surface area contributed by atoms with Gasteiger partial charge in [0.15, 0.2) is 11.5 Å². The molecular formula is C26H35N3O6. The molecule has 4 rings (SSSR count). The van der Waals surface area contributed by atoms with E-state index in [4.69, 9.17) is 9.47 Å².